The Balaban J connectivity index is 1.16. The Hall–Kier alpha value is -5.51. The summed E-state index contributed by atoms with van der Waals surface area (Å²) in [7, 11) is 1.48. The Labute approximate surface area is 432 Å². The van der Waals surface area contributed by atoms with Crippen LogP contribution in [-0.4, -0.2) is 178 Å². The average Bonchev–Trinajstić information content (AvgIpc) is 3.89. The molecule has 74 heavy (non-hydrogen) atoms. The van der Waals surface area contributed by atoms with E-state index in [1.807, 2.05) is 6.92 Å². The third-order valence-corrected chi connectivity index (χ3v) is 16.1. The van der Waals surface area contributed by atoms with Crippen LogP contribution >= 0.6 is 0 Å². The van der Waals surface area contributed by atoms with Crippen molar-refractivity contribution in [2.75, 3.05) is 84.5 Å². The van der Waals surface area contributed by atoms with Crippen LogP contribution in [-0.2, 0) is 23.7 Å². The SMILES string of the molecule is CO[C@H]1/C=C/O[C@@]2(C)Oc3c(C)c(O)c4c(O)c(c5c(c4c3C2O)=NC2(CCN(CC(C)C)CC2)N=5)NC(=O)/C(C)=C\C=C\[C@H](C)[C@H](O)[C@@H](C)[C@@H](O)[C@@H](C)[C@H](OC(=O)N2CCN(C(=O)N3CCOCC3)CC2)[C@@H]1C. The number of piperidine rings is 1. The third-order valence-electron chi connectivity index (χ3n) is 16.1. The van der Waals surface area contributed by atoms with E-state index < -0.39 is 83.4 Å². The van der Waals surface area contributed by atoms with E-state index in [1.54, 1.807) is 68.7 Å². The predicted molar refractivity (Wildman–Crippen MR) is 274 cm³/mol. The molecule has 1 unspecified atom stereocenters. The van der Waals surface area contributed by atoms with Crippen molar-refractivity contribution >= 4 is 34.5 Å². The molecule has 9 rings (SSSR count). The van der Waals surface area contributed by atoms with E-state index in [2.05, 4.69) is 24.1 Å². The number of amides is 4. The molecular formula is C54H77N7O13. The van der Waals surface area contributed by atoms with Crippen molar-refractivity contribution in [2.24, 2.45) is 39.6 Å². The molecule has 7 aliphatic heterocycles. The molecule has 7 aliphatic rings. The van der Waals surface area contributed by atoms with Crippen LogP contribution in [0.5, 0.6) is 17.2 Å². The quantitative estimate of drug-likeness (QED) is 0.235. The van der Waals surface area contributed by atoms with E-state index >= 15 is 0 Å². The topological polar surface area (TPSA) is 248 Å². The van der Waals surface area contributed by atoms with Crippen molar-refractivity contribution in [3.63, 3.8) is 0 Å². The highest BCUT2D eigenvalue weighted by Gasteiger charge is 2.50. The zero-order valence-electron chi connectivity index (χ0n) is 44.5. The van der Waals surface area contributed by atoms with Gasteiger partial charge in [-0.3, -0.25) is 14.8 Å². The molecule has 1 spiro atoms. The molecule has 4 amide bonds. The van der Waals surface area contributed by atoms with Gasteiger partial charge in [-0.05, 0) is 25.8 Å². The smallest absolute Gasteiger partial charge is 0.410 e. The van der Waals surface area contributed by atoms with Gasteiger partial charge in [-0.25, -0.2) is 9.59 Å². The van der Waals surface area contributed by atoms with Gasteiger partial charge in [0.15, 0.2) is 17.5 Å². The monoisotopic (exact) mass is 1030 g/mol. The number of morpholine rings is 1. The number of rotatable bonds is 4. The van der Waals surface area contributed by atoms with Gasteiger partial charge in [0.05, 0.1) is 48.5 Å². The van der Waals surface area contributed by atoms with Crippen molar-refractivity contribution in [3.8, 4) is 17.2 Å². The summed E-state index contributed by atoms with van der Waals surface area (Å²) >= 11 is 0. The van der Waals surface area contributed by atoms with Crippen molar-refractivity contribution in [1.29, 1.82) is 0 Å². The third kappa shape index (κ3) is 10.5. The molecule has 2 aromatic carbocycles. The molecule has 0 radical (unpaired) electrons. The van der Waals surface area contributed by atoms with Gasteiger partial charge in [-0.2, -0.15) is 0 Å². The van der Waals surface area contributed by atoms with E-state index in [9.17, 15) is 39.9 Å². The van der Waals surface area contributed by atoms with Crippen LogP contribution in [0.2, 0.25) is 0 Å². The molecule has 0 aromatic heterocycles. The van der Waals surface area contributed by atoms with Crippen molar-refractivity contribution in [1.82, 2.24) is 19.6 Å². The maximum atomic E-state index is 14.1. The fourth-order valence-electron chi connectivity index (χ4n) is 11.4. The zero-order valence-corrected chi connectivity index (χ0v) is 44.5. The number of aliphatic hydroxyl groups is 3. The van der Waals surface area contributed by atoms with E-state index in [0.717, 1.165) is 6.54 Å². The summed E-state index contributed by atoms with van der Waals surface area (Å²) in [5.41, 5.74) is -0.340. The molecule has 20 heteroatoms. The number of hydrogen-bond donors (Lipinski definition) is 6. The van der Waals surface area contributed by atoms with Crippen LogP contribution in [0, 0.1) is 36.5 Å². The number of methoxy groups -OCH3 is 1. The molecule has 0 saturated carbocycles. The fourth-order valence-corrected chi connectivity index (χ4v) is 11.4. The molecule has 7 heterocycles. The van der Waals surface area contributed by atoms with Crippen LogP contribution in [0.25, 0.3) is 10.8 Å². The Morgan fingerprint density at radius 3 is 2.12 bits per heavy atom. The number of aromatic hydroxyl groups is 2. The largest absolute Gasteiger partial charge is 0.507 e. The first-order valence-electron chi connectivity index (χ1n) is 26.2. The first-order valence-corrected chi connectivity index (χ1v) is 26.2. The summed E-state index contributed by atoms with van der Waals surface area (Å²) in [6.45, 7) is 21.5. The number of likely N-dealkylation sites (tertiary alicyclic amines) is 1. The first-order chi connectivity index (χ1) is 35.1. The zero-order chi connectivity index (χ0) is 53.6. The minimum Gasteiger partial charge on any atom is -0.507 e. The first kappa shape index (κ1) is 54.7. The van der Waals surface area contributed by atoms with E-state index in [0.29, 0.717) is 71.2 Å². The van der Waals surface area contributed by atoms with Gasteiger partial charge < -0.3 is 74.1 Å². The number of fused-ring (bicyclic) bond motifs is 13. The summed E-state index contributed by atoms with van der Waals surface area (Å²) in [5, 5.41) is 64.0. The number of nitrogens with zero attached hydrogens (tertiary/aromatic N) is 6. The van der Waals surface area contributed by atoms with Gasteiger partial charge >= 0.3 is 12.1 Å². The second-order valence-corrected chi connectivity index (χ2v) is 21.8. The molecule has 0 aliphatic carbocycles. The summed E-state index contributed by atoms with van der Waals surface area (Å²) in [6, 6.07) is -0.104. The summed E-state index contributed by atoms with van der Waals surface area (Å²) in [5.74, 6) is -5.30. The summed E-state index contributed by atoms with van der Waals surface area (Å²) in [4.78, 5) is 59.3. The maximum absolute atomic E-state index is 14.1. The van der Waals surface area contributed by atoms with Crippen LogP contribution < -0.4 is 20.8 Å². The number of nitrogens with one attached hydrogen (secondary N) is 1. The molecule has 5 bridgehead atoms. The van der Waals surface area contributed by atoms with Crippen molar-refractivity contribution in [3.05, 3.63) is 58.0 Å². The second kappa shape index (κ2) is 22.0. The number of phenolic OH excluding ortho intramolecular Hbond substituents is 2. The van der Waals surface area contributed by atoms with Crippen LogP contribution in [0.3, 0.4) is 0 Å². The number of benzene rings is 2. The summed E-state index contributed by atoms with van der Waals surface area (Å²) in [6.07, 6.45) is 2.68. The average molecular weight is 1030 g/mol. The normalized spacial score (nSPS) is 32.5. The number of anilines is 1. The second-order valence-electron chi connectivity index (χ2n) is 21.8. The molecule has 6 N–H and O–H groups in total. The van der Waals surface area contributed by atoms with E-state index in [-0.39, 0.29) is 74.5 Å². The lowest BCUT2D eigenvalue weighted by atomic mass is 9.78. The Bertz CT molecular complexity index is 2670. The van der Waals surface area contributed by atoms with Gasteiger partial charge in [0, 0.05) is 132 Å². The van der Waals surface area contributed by atoms with Gasteiger partial charge in [-0.1, -0.05) is 59.8 Å². The number of aliphatic hydroxyl groups excluding tert-OH is 3. The number of phenols is 2. The standard InChI is InChI=1S/C54H77N7O13/c1-29(2)28-58-17-15-54(16-18-58)56-40-37-38-45(64)35(8)48-39(37)49(66)53(9,74-48)72-25-14-36(70-10)32(5)47(73-52(69)61-21-19-59(20-22-61)51(68)60-23-26-71-27-24-60)34(7)44(63)33(6)43(62)30(3)12-11-13-31(4)50(67)55-42(46(38)65)41(40)57-54/h11-14,25,29-30,32-34,36,43-44,47,49,62-66H,15-24,26-28H2,1-10H3,(H,55,67)/b12-11+,25-14+,31-13-/t30-,32+,33+,34+,36-,43-,44+,47+,49?,53-/m0/s1. The molecule has 3 saturated heterocycles. The maximum Gasteiger partial charge on any atom is 0.410 e. The van der Waals surface area contributed by atoms with Crippen molar-refractivity contribution < 1.29 is 63.6 Å². The number of ether oxygens (including phenoxy) is 5. The number of carbonyl (C=O) groups is 3. The minimum absolute atomic E-state index is 0.0399. The van der Waals surface area contributed by atoms with E-state index in [4.69, 9.17) is 33.7 Å². The molecular weight excluding hydrogens is 955 g/mol. The highest BCUT2D eigenvalue weighted by Crippen LogP contribution is 2.54. The van der Waals surface area contributed by atoms with Gasteiger partial charge in [0.2, 0.25) is 0 Å². The van der Waals surface area contributed by atoms with Crippen LogP contribution in [0.15, 0.2) is 46.1 Å². The summed E-state index contributed by atoms with van der Waals surface area (Å²) < 4.78 is 30.6. The van der Waals surface area contributed by atoms with Gasteiger partial charge in [-0.15, -0.1) is 0 Å². The number of urea groups is 1. The Kier molecular flexibility index (Phi) is 16.3. The molecule has 406 valence electrons. The lowest BCUT2D eigenvalue weighted by Crippen LogP contribution is -2.56. The van der Waals surface area contributed by atoms with Gasteiger partial charge in [0.25, 0.3) is 11.7 Å². The molecule has 20 nitrogen and oxygen atoms in total. The van der Waals surface area contributed by atoms with Crippen LogP contribution in [0.4, 0.5) is 15.3 Å². The lowest BCUT2D eigenvalue weighted by molar-refractivity contribution is -0.181. The molecule has 2 aromatic rings. The Morgan fingerprint density at radius 2 is 1.47 bits per heavy atom. The molecule has 10 atom stereocenters. The lowest BCUT2D eigenvalue weighted by Gasteiger charge is -2.41. The highest BCUT2D eigenvalue weighted by molar-refractivity contribution is 6.08. The van der Waals surface area contributed by atoms with E-state index in [1.165, 1.54) is 25.2 Å². The number of piperazine rings is 1. The number of hydrogen-bond acceptors (Lipinski definition) is 16. The fraction of sp³-hybridized carbons (Fsp3) is 0.648. The van der Waals surface area contributed by atoms with Crippen molar-refractivity contribution in [2.45, 2.75) is 117 Å². The van der Waals surface area contributed by atoms with Crippen LogP contribution in [0.1, 0.15) is 85.5 Å². The number of carbonyl (C=O) groups excluding carboxylic acids is 3. The molecule has 3 fully saturated rings. The minimum atomic E-state index is -1.82. The Morgan fingerprint density at radius 1 is 0.838 bits per heavy atom. The number of allylic oxidation sites excluding steroid dienone is 2. The predicted octanol–water partition coefficient (Wildman–Crippen LogP) is 4.24. The van der Waals surface area contributed by atoms with Gasteiger partial charge in [0.1, 0.15) is 28.6 Å². The highest BCUT2D eigenvalue weighted by atomic mass is 16.7.